The summed E-state index contributed by atoms with van der Waals surface area (Å²) in [5.74, 6) is 1.73. The normalized spacial score (nSPS) is 19.0. The van der Waals surface area contributed by atoms with Crippen molar-refractivity contribution in [1.29, 1.82) is 0 Å². The molecule has 2 aromatic rings. The second-order valence-electron chi connectivity index (χ2n) is 7.36. The van der Waals surface area contributed by atoms with Crippen LogP contribution in [-0.2, 0) is 12.8 Å². The highest BCUT2D eigenvalue weighted by atomic mass is 79.9. The van der Waals surface area contributed by atoms with E-state index in [-0.39, 0.29) is 5.91 Å². The summed E-state index contributed by atoms with van der Waals surface area (Å²) < 4.78 is 6.96. The lowest BCUT2D eigenvalue weighted by Crippen LogP contribution is -2.21. The van der Waals surface area contributed by atoms with Crippen LogP contribution in [0.15, 0.2) is 34.8 Å². The molecular weight excluding hydrogens is 390 g/mol. The topological polar surface area (TPSA) is 38.3 Å². The molecule has 1 saturated carbocycles. The van der Waals surface area contributed by atoms with E-state index < -0.39 is 0 Å². The average Bonchev–Trinajstić information content (AvgIpc) is 3.50. The van der Waals surface area contributed by atoms with Gasteiger partial charge >= 0.3 is 0 Å². The predicted molar refractivity (Wildman–Crippen MR) is 107 cm³/mol. The molecule has 2 aliphatic rings. The Labute approximate surface area is 163 Å². The Morgan fingerprint density at radius 1 is 1.12 bits per heavy atom. The number of benzene rings is 2. The summed E-state index contributed by atoms with van der Waals surface area (Å²) in [5, 5.41) is 2.75. The van der Waals surface area contributed by atoms with Crippen LogP contribution in [0.2, 0.25) is 0 Å². The maximum atomic E-state index is 12.4. The summed E-state index contributed by atoms with van der Waals surface area (Å²) >= 11 is 3.58. The summed E-state index contributed by atoms with van der Waals surface area (Å²) in [6, 6.07) is 10.7. The van der Waals surface area contributed by atoms with Gasteiger partial charge in [-0.15, -0.1) is 0 Å². The maximum absolute atomic E-state index is 12.4. The van der Waals surface area contributed by atoms with Gasteiger partial charge in [0.2, 0.25) is 0 Å². The quantitative estimate of drug-likeness (QED) is 0.768. The summed E-state index contributed by atoms with van der Waals surface area (Å²) in [6.45, 7) is 0. The second-order valence-corrected chi connectivity index (χ2v) is 8.27. The lowest BCUT2D eigenvalue weighted by atomic mass is 9.77. The number of halogens is 1. The van der Waals surface area contributed by atoms with Gasteiger partial charge in [-0.05, 0) is 78.8 Å². The van der Waals surface area contributed by atoms with Crippen LogP contribution in [0.25, 0.3) is 0 Å². The van der Waals surface area contributed by atoms with Crippen LogP contribution >= 0.6 is 15.9 Å². The molecule has 0 saturated heterocycles. The second kappa shape index (κ2) is 7.07. The van der Waals surface area contributed by atoms with Crippen molar-refractivity contribution in [3.8, 4) is 5.75 Å². The molecule has 1 atom stereocenters. The van der Waals surface area contributed by atoms with E-state index in [0.29, 0.717) is 17.4 Å². The largest absolute Gasteiger partial charge is 0.496 e. The number of amides is 1. The predicted octanol–water partition coefficient (Wildman–Crippen LogP) is 4.97. The smallest absolute Gasteiger partial charge is 0.254 e. The van der Waals surface area contributed by atoms with E-state index in [2.05, 4.69) is 45.5 Å². The Bertz CT molecular complexity index is 857. The van der Waals surface area contributed by atoms with Gasteiger partial charge in [-0.25, -0.2) is 0 Å². The maximum Gasteiger partial charge on any atom is 0.254 e. The van der Waals surface area contributed by atoms with Crippen LogP contribution in [-0.4, -0.2) is 20.1 Å². The first-order valence-electron chi connectivity index (χ1n) is 9.32. The molecule has 136 valence electrons. The number of hydrogen-bond acceptors (Lipinski definition) is 2. The molecule has 0 bridgehead atoms. The SMILES string of the molecule is CNC(=O)c1ccc(C2CC2)c([C@H]2CCc3cc(Br)ccc3C2)c1OC. The van der Waals surface area contributed by atoms with Gasteiger partial charge in [0.05, 0.1) is 12.7 Å². The van der Waals surface area contributed by atoms with Crippen LogP contribution in [0.5, 0.6) is 5.75 Å². The molecule has 0 radical (unpaired) electrons. The number of nitrogens with one attached hydrogen (secondary N) is 1. The molecule has 4 rings (SSSR count). The molecule has 1 N–H and O–H groups in total. The minimum atomic E-state index is -0.0782. The molecule has 0 spiro atoms. The van der Waals surface area contributed by atoms with Crippen LogP contribution in [0.3, 0.4) is 0 Å². The molecule has 1 fully saturated rings. The summed E-state index contributed by atoms with van der Waals surface area (Å²) in [5.41, 5.74) is 6.16. The van der Waals surface area contributed by atoms with E-state index in [9.17, 15) is 4.79 Å². The van der Waals surface area contributed by atoms with Crippen molar-refractivity contribution < 1.29 is 9.53 Å². The number of fused-ring (bicyclic) bond motifs is 1. The molecule has 0 unspecified atom stereocenters. The summed E-state index contributed by atoms with van der Waals surface area (Å²) in [7, 11) is 3.36. The van der Waals surface area contributed by atoms with E-state index in [1.54, 1.807) is 14.2 Å². The van der Waals surface area contributed by atoms with Crippen molar-refractivity contribution in [3.05, 3.63) is 62.6 Å². The fourth-order valence-corrected chi connectivity index (χ4v) is 4.70. The highest BCUT2D eigenvalue weighted by molar-refractivity contribution is 9.10. The minimum Gasteiger partial charge on any atom is -0.496 e. The highest BCUT2D eigenvalue weighted by Gasteiger charge is 2.34. The monoisotopic (exact) mass is 413 g/mol. The van der Waals surface area contributed by atoms with E-state index in [1.807, 2.05) is 6.07 Å². The number of carbonyl (C=O) groups excluding carboxylic acids is 1. The third-order valence-corrected chi connectivity index (χ3v) is 6.22. The van der Waals surface area contributed by atoms with Gasteiger partial charge in [0.1, 0.15) is 5.75 Å². The Morgan fingerprint density at radius 3 is 2.62 bits per heavy atom. The molecule has 0 aliphatic heterocycles. The van der Waals surface area contributed by atoms with Crippen molar-refractivity contribution in [2.45, 2.75) is 43.9 Å². The third-order valence-electron chi connectivity index (χ3n) is 5.73. The van der Waals surface area contributed by atoms with Gasteiger partial charge < -0.3 is 10.1 Å². The van der Waals surface area contributed by atoms with Crippen LogP contribution in [0.4, 0.5) is 0 Å². The number of carbonyl (C=O) groups is 1. The average molecular weight is 414 g/mol. The number of aryl methyl sites for hydroxylation is 1. The van der Waals surface area contributed by atoms with E-state index >= 15 is 0 Å². The zero-order valence-corrected chi connectivity index (χ0v) is 16.9. The zero-order valence-electron chi connectivity index (χ0n) is 15.3. The minimum absolute atomic E-state index is 0.0782. The first-order valence-corrected chi connectivity index (χ1v) is 10.1. The Balaban J connectivity index is 1.79. The number of ether oxygens (including phenoxy) is 1. The fraction of sp³-hybridized carbons (Fsp3) is 0.409. The molecule has 0 aromatic heterocycles. The van der Waals surface area contributed by atoms with Crippen LogP contribution in [0.1, 0.15) is 63.7 Å². The summed E-state index contributed by atoms with van der Waals surface area (Å²) in [4.78, 5) is 12.4. The van der Waals surface area contributed by atoms with Gasteiger partial charge in [-0.1, -0.05) is 28.1 Å². The number of rotatable bonds is 4. The molecule has 4 heteroatoms. The third kappa shape index (κ3) is 3.16. The fourth-order valence-electron chi connectivity index (χ4n) is 4.29. The molecular formula is C22H24BrNO2. The lowest BCUT2D eigenvalue weighted by molar-refractivity contribution is 0.0960. The summed E-state index contributed by atoms with van der Waals surface area (Å²) in [6.07, 6.45) is 5.65. The van der Waals surface area contributed by atoms with E-state index in [4.69, 9.17) is 4.74 Å². The Kier molecular flexibility index (Phi) is 4.78. The highest BCUT2D eigenvalue weighted by Crippen LogP contribution is 2.49. The van der Waals surface area contributed by atoms with Gasteiger partial charge in [-0.3, -0.25) is 4.79 Å². The van der Waals surface area contributed by atoms with Crippen LogP contribution in [0, 0.1) is 0 Å². The lowest BCUT2D eigenvalue weighted by Gasteiger charge is -2.29. The van der Waals surface area contributed by atoms with Crippen molar-refractivity contribution in [1.82, 2.24) is 5.32 Å². The Hall–Kier alpha value is -1.81. The van der Waals surface area contributed by atoms with Gasteiger partial charge in [0.15, 0.2) is 0 Å². The molecule has 3 nitrogen and oxygen atoms in total. The molecule has 1 amide bonds. The van der Waals surface area contributed by atoms with Crippen molar-refractivity contribution in [2.75, 3.05) is 14.2 Å². The zero-order chi connectivity index (χ0) is 18.3. The molecule has 2 aliphatic carbocycles. The van der Waals surface area contributed by atoms with Crippen molar-refractivity contribution >= 4 is 21.8 Å². The van der Waals surface area contributed by atoms with Gasteiger partial charge in [0.25, 0.3) is 5.91 Å². The Morgan fingerprint density at radius 2 is 1.92 bits per heavy atom. The van der Waals surface area contributed by atoms with Crippen molar-refractivity contribution in [3.63, 3.8) is 0 Å². The first kappa shape index (κ1) is 17.6. The standard InChI is InChI=1S/C22H24BrNO2/c1-24-22(25)19-10-9-18(13-3-4-13)20(21(19)26-2)16-6-5-15-12-17(23)8-7-14(15)11-16/h7-10,12-13,16H,3-6,11H2,1-2H3,(H,24,25)/t16-/m0/s1. The number of methoxy groups -OCH3 is 1. The molecule has 26 heavy (non-hydrogen) atoms. The first-order chi connectivity index (χ1) is 12.6. The van der Waals surface area contributed by atoms with Gasteiger partial charge in [-0.2, -0.15) is 0 Å². The van der Waals surface area contributed by atoms with Gasteiger partial charge in [0, 0.05) is 17.1 Å². The van der Waals surface area contributed by atoms with Crippen molar-refractivity contribution in [2.24, 2.45) is 0 Å². The molecule has 2 aromatic carbocycles. The van der Waals surface area contributed by atoms with Crippen LogP contribution < -0.4 is 10.1 Å². The number of hydrogen-bond donors (Lipinski definition) is 1. The van der Waals surface area contributed by atoms with E-state index in [0.717, 1.165) is 29.5 Å². The molecule has 0 heterocycles. The van der Waals surface area contributed by atoms with E-state index in [1.165, 1.54) is 35.1 Å².